The van der Waals surface area contributed by atoms with Gasteiger partial charge in [-0.15, -0.1) is 11.3 Å². The number of carbonyl (C=O) groups is 1. The number of anilines is 2. The molecule has 2 aromatic carbocycles. The van der Waals surface area contributed by atoms with Crippen molar-refractivity contribution in [3.63, 3.8) is 0 Å². The van der Waals surface area contributed by atoms with E-state index < -0.39 is 0 Å². The monoisotopic (exact) mass is 577 g/mol. The molecule has 1 saturated heterocycles. The zero-order valence-electron chi connectivity index (χ0n) is 21.9. The molecule has 4 heterocycles. The summed E-state index contributed by atoms with van der Waals surface area (Å²) < 4.78 is 19.3. The van der Waals surface area contributed by atoms with Crippen LogP contribution in [0.5, 0.6) is 5.75 Å². The molecule has 1 amide bonds. The average Bonchev–Trinajstić information content (AvgIpc) is 3.60. The number of hydrogen-bond donors (Lipinski definition) is 1. The van der Waals surface area contributed by atoms with E-state index in [1.807, 2.05) is 17.0 Å². The first kappa shape index (κ1) is 26.7. The average molecular weight is 578 g/mol. The molecule has 0 bridgehead atoms. The van der Waals surface area contributed by atoms with Gasteiger partial charge in [0.1, 0.15) is 35.1 Å². The van der Waals surface area contributed by atoms with Crippen molar-refractivity contribution >= 4 is 50.6 Å². The number of nitrogens with one attached hydrogen (secondary N) is 1. The Morgan fingerprint density at radius 1 is 1.15 bits per heavy atom. The van der Waals surface area contributed by atoms with E-state index in [4.69, 9.17) is 16.3 Å². The summed E-state index contributed by atoms with van der Waals surface area (Å²) in [7, 11) is 0. The van der Waals surface area contributed by atoms with Gasteiger partial charge in [0.15, 0.2) is 0 Å². The van der Waals surface area contributed by atoms with Gasteiger partial charge in [-0.3, -0.25) is 9.69 Å². The lowest BCUT2D eigenvalue weighted by Crippen LogP contribution is -2.34. The van der Waals surface area contributed by atoms with E-state index in [2.05, 4.69) is 20.2 Å². The lowest BCUT2D eigenvalue weighted by molar-refractivity contribution is -0.126. The zero-order chi connectivity index (χ0) is 27.5. The molecule has 2 aromatic heterocycles. The summed E-state index contributed by atoms with van der Waals surface area (Å²) in [5.41, 5.74) is 2.68. The Morgan fingerprint density at radius 3 is 2.85 bits per heavy atom. The van der Waals surface area contributed by atoms with Gasteiger partial charge in [-0.25, -0.2) is 14.4 Å². The van der Waals surface area contributed by atoms with Crippen LogP contribution >= 0.6 is 22.9 Å². The number of ether oxygens (including phenoxy) is 1. The molecule has 206 valence electrons. The summed E-state index contributed by atoms with van der Waals surface area (Å²) in [6, 6.07) is 11.7. The van der Waals surface area contributed by atoms with Crippen molar-refractivity contribution in [2.75, 3.05) is 31.5 Å². The summed E-state index contributed by atoms with van der Waals surface area (Å²) in [6.45, 7) is 4.51. The largest absolute Gasteiger partial charge is 0.487 e. The van der Waals surface area contributed by atoms with Gasteiger partial charge in [0, 0.05) is 29.7 Å². The highest BCUT2D eigenvalue weighted by Gasteiger charge is 2.25. The van der Waals surface area contributed by atoms with E-state index in [-0.39, 0.29) is 18.3 Å². The fraction of sp³-hybridized carbons (Fsp3) is 0.300. The molecule has 1 fully saturated rings. The number of carbonyl (C=O) groups excluding carboxylic acids is 1. The van der Waals surface area contributed by atoms with Crippen LogP contribution in [-0.4, -0.2) is 51.9 Å². The summed E-state index contributed by atoms with van der Waals surface area (Å²) in [4.78, 5) is 28.2. The Morgan fingerprint density at radius 2 is 2.02 bits per heavy atom. The van der Waals surface area contributed by atoms with Gasteiger partial charge >= 0.3 is 0 Å². The predicted octanol–water partition coefficient (Wildman–Crippen LogP) is 6.34. The maximum atomic E-state index is 13.5. The Labute approximate surface area is 241 Å². The molecular formula is C30H29ClFN5O2S. The lowest BCUT2D eigenvalue weighted by atomic mass is 10.0. The predicted molar refractivity (Wildman–Crippen MR) is 157 cm³/mol. The minimum atomic E-state index is -0.303. The topological polar surface area (TPSA) is 70.6 Å². The molecule has 2 aliphatic rings. The van der Waals surface area contributed by atoms with E-state index in [9.17, 15) is 9.18 Å². The summed E-state index contributed by atoms with van der Waals surface area (Å²) in [6.07, 6.45) is 8.49. The van der Waals surface area contributed by atoms with E-state index in [1.54, 1.807) is 48.0 Å². The fourth-order valence-corrected chi connectivity index (χ4v) is 6.64. The highest BCUT2D eigenvalue weighted by Crippen LogP contribution is 2.39. The number of rotatable bonds is 8. The maximum absolute atomic E-state index is 13.5. The van der Waals surface area contributed by atoms with Crippen LogP contribution in [0.2, 0.25) is 5.02 Å². The molecular weight excluding hydrogens is 549 g/mol. The number of halogens is 2. The van der Waals surface area contributed by atoms with Crippen molar-refractivity contribution in [2.45, 2.75) is 32.4 Å². The minimum absolute atomic E-state index is 0.0566. The van der Waals surface area contributed by atoms with Crippen molar-refractivity contribution in [3.8, 4) is 5.75 Å². The molecule has 40 heavy (non-hydrogen) atoms. The Hall–Kier alpha value is -3.53. The van der Waals surface area contributed by atoms with Gasteiger partial charge in [0.2, 0.25) is 5.91 Å². The normalized spacial score (nSPS) is 15.6. The van der Waals surface area contributed by atoms with Crippen LogP contribution in [0.1, 0.15) is 28.8 Å². The molecule has 4 aromatic rings. The first-order valence-electron chi connectivity index (χ1n) is 13.4. The first-order valence-corrected chi connectivity index (χ1v) is 14.6. The molecule has 1 N–H and O–H groups in total. The second-order valence-electron chi connectivity index (χ2n) is 10.0. The summed E-state index contributed by atoms with van der Waals surface area (Å²) in [5, 5.41) is 4.81. The van der Waals surface area contributed by atoms with Crippen LogP contribution in [-0.2, 0) is 24.4 Å². The van der Waals surface area contributed by atoms with E-state index in [0.717, 1.165) is 52.4 Å². The second kappa shape index (κ2) is 11.9. The van der Waals surface area contributed by atoms with Crippen molar-refractivity contribution in [1.82, 2.24) is 19.8 Å². The fourth-order valence-electron chi connectivity index (χ4n) is 5.20. The number of hydrogen-bond acceptors (Lipinski definition) is 7. The number of nitrogens with zero attached hydrogens (tertiary/aromatic N) is 4. The lowest BCUT2D eigenvalue weighted by Gasteiger charge is -2.26. The Balaban J connectivity index is 1.14. The molecule has 0 atom stereocenters. The molecule has 7 nitrogen and oxygen atoms in total. The number of thiophene rings is 1. The zero-order valence-corrected chi connectivity index (χ0v) is 23.5. The Bertz CT molecular complexity index is 1570. The van der Waals surface area contributed by atoms with Crippen molar-refractivity contribution in [2.24, 2.45) is 0 Å². The molecule has 2 aliphatic heterocycles. The molecule has 10 heteroatoms. The van der Waals surface area contributed by atoms with Crippen LogP contribution in [0.15, 0.2) is 60.9 Å². The molecule has 0 aliphatic carbocycles. The standard InChI is InChI=1S/C30H29ClFN5O2S/c31-24-16-22(8-9-25(24)39-18-20-5-3-6-21(32)15-20)35-29-28-23-10-14-37(17-26(23)40-30(28)34-19-33-29)27(38)7-4-13-36-11-1-2-12-36/h3-9,15-16,19H,1-2,10-14,17-18H2,(H,33,34,35). The van der Waals surface area contributed by atoms with E-state index in [1.165, 1.54) is 30.5 Å². The van der Waals surface area contributed by atoms with Crippen LogP contribution in [0.3, 0.4) is 0 Å². The van der Waals surface area contributed by atoms with E-state index >= 15 is 0 Å². The summed E-state index contributed by atoms with van der Waals surface area (Å²) >= 11 is 8.12. The molecule has 0 saturated carbocycles. The van der Waals surface area contributed by atoms with Crippen LogP contribution in [0, 0.1) is 5.82 Å². The summed E-state index contributed by atoms with van der Waals surface area (Å²) in [5.74, 6) is 0.970. The molecule has 6 rings (SSSR count). The Kier molecular flexibility index (Phi) is 7.95. The second-order valence-corrected chi connectivity index (χ2v) is 11.5. The quantitative estimate of drug-likeness (QED) is 0.246. The number of aromatic nitrogens is 2. The number of benzene rings is 2. The van der Waals surface area contributed by atoms with Crippen molar-refractivity contribution in [1.29, 1.82) is 0 Å². The molecule has 0 radical (unpaired) electrons. The third kappa shape index (κ3) is 5.96. The van der Waals surface area contributed by atoms with E-state index in [0.29, 0.717) is 29.7 Å². The van der Waals surface area contributed by atoms with Crippen LogP contribution in [0.4, 0.5) is 15.9 Å². The number of amides is 1. The number of fused-ring (bicyclic) bond motifs is 3. The van der Waals surface area contributed by atoms with Crippen LogP contribution in [0.25, 0.3) is 10.2 Å². The first-order chi connectivity index (χ1) is 19.5. The smallest absolute Gasteiger partial charge is 0.246 e. The molecule has 0 unspecified atom stereocenters. The molecule has 0 spiro atoms. The highest BCUT2D eigenvalue weighted by atomic mass is 35.5. The van der Waals surface area contributed by atoms with Gasteiger partial charge in [-0.1, -0.05) is 29.8 Å². The van der Waals surface area contributed by atoms with Gasteiger partial charge in [-0.05, 0) is 73.8 Å². The van der Waals surface area contributed by atoms with Gasteiger partial charge in [-0.2, -0.15) is 0 Å². The van der Waals surface area contributed by atoms with Crippen molar-refractivity contribution < 1.29 is 13.9 Å². The van der Waals surface area contributed by atoms with Crippen LogP contribution < -0.4 is 10.1 Å². The van der Waals surface area contributed by atoms with Gasteiger partial charge in [0.05, 0.1) is 17.0 Å². The minimum Gasteiger partial charge on any atom is -0.487 e. The SMILES string of the molecule is O=C(C=CCN1CCCC1)N1CCc2c(sc3ncnc(Nc4ccc(OCc5cccc(F)c5)c(Cl)c4)c23)C1. The third-order valence-corrected chi connectivity index (χ3v) is 8.67. The third-order valence-electron chi connectivity index (χ3n) is 7.25. The number of likely N-dealkylation sites (tertiary alicyclic amines) is 1. The van der Waals surface area contributed by atoms with Crippen molar-refractivity contribution in [3.05, 3.63) is 87.8 Å². The maximum Gasteiger partial charge on any atom is 0.246 e. The highest BCUT2D eigenvalue weighted by molar-refractivity contribution is 7.19. The van der Waals surface area contributed by atoms with Gasteiger partial charge < -0.3 is 15.0 Å². The van der Waals surface area contributed by atoms with Gasteiger partial charge in [0.25, 0.3) is 0 Å².